The molecule has 0 saturated carbocycles. The molecule has 1 aromatic heterocycles. The molecule has 0 aliphatic carbocycles. The Kier molecular flexibility index (Phi) is 3.47. The highest BCUT2D eigenvalue weighted by Gasteiger charge is 2.19. The van der Waals surface area contributed by atoms with Gasteiger partial charge in [-0.15, -0.1) is 0 Å². The summed E-state index contributed by atoms with van der Waals surface area (Å²) in [7, 11) is 0. The Morgan fingerprint density at radius 1 is 1.28 bits per heavy atom. The summed E-state index contributed by atoms with van der Waals surface area (Å²) in [6, 6.07) is 8.90. The van der Waals surface area contributed by atoms with Crippen LogP contribution in [-0.2, 0) is 6.54 Å². The van der Waals surface area contributed by atoms with Gasteiger partial charge in [0, 0.05) is 6.07 Å². The molecule has 92 valence electrons. The first-order valence-electron chi connectivity index (χ1n) is 5.30. The van der Waals surface area contributed by atoms with Crippen LogP contribution in [0.25, 0.3) is 0 Å². The number of nitrogens with one attached hydrogen (secondary N) is 2. The van der Waals surface area contributed by atoms with Crippen LogP contribution >= 0.6 is 0 Å². The molecular formula is C12H11FN3O2+. The number of hydrogen-bond acceptors (Lipinski definition) is 3. The third kappa shape index (κ3) is 2.79. The fourth-order valence-electron chi connectivity index (χ4n) is 1.51. The van der Waals surface area contributed by atoms with Crippen molar-refractivity contribution >= 4 is 11.5 Å². The minimum absolute atomic E-state index is 0.0281. The third-order valence-corrected chi connectivity index (χ3v) is 2.41. The quantitative estimate of drug-likeness (QED) is 0.665. The molecule has 0 amide bonds. The van der Waals surface area contributed by atoms with Crippen LogP contribution in [0.3, 0.4) is 0 Å². The van der Waals surface area contributed by atoms with Gasteiger partial charge in [-0.25, -0.2) is 9.37 Å². The Balaban J connectivity index is 2.10. The monoisotopic (exact) mass is 248 g/mol. The van der Waals surface area contributed by atoms with Crippen molar-refractivity contribution in [3.8, 4) is 0 Å². The Morgan fingerprint density at radius 2 is 2.00 bits per heavy atom. The van der Waals surface area contributed by atoms with Crippen molar-refractivity contribution in [3.05, 3.63) is 64.1 Å². The van der Waals surface area contributed by atoms with Crippen LogP contribution in [0.15, 0.2) is 42.6 Å². The van der Waals surface area contributed by atoms with Crippen LogP contribution in [-0.4, -0.2) is 4.92 Å². The van der Waals surface area contributed by atoms with Crippen molar-refractivity contribution in [1.82, 2.24) is 0 Å². The standard InChI is InChI=1S/C12H10FN3O2/c13-10-5-3-9(4-6-10)8-15-12-11(16(17)18)2-1-7-14-12/h1-7H,8H2,(H,14,15)/p+1. The van der Waals surface area contributed by atoms with Gasteiger partial charge < -0.3 is 0 Å². The molecule has 0 saturated heterocycles. The first kappa shape index (κ1) is 12.0. The van der Waals surface area contributed by atoms with E-state index < -0.39 is 4.92 Å². The maximum atomic E-state index is 12.7. The average Bonchev–Trinajstić information content (AvgIpc) is 2.38. The van der Waals surface area contributed by atoms with Gasteiger partial charge in [0.05, 0.1) is 11.1 Å². The molecule has 1 heterocycles. The number of nitrogens with zero attached hydrogens (tertiary/aromatic N) is 1. The summed E-state index contributed by atoms with van der Waals surface area (Å²) in [6.45, 7) is 0.377. The summed E-state index contributed by atoms with van der Waals surface area (Å²) in [5.41, 5.74) is 0.808. The van der Waals surface area contributed by atoms with Crippen molar-refractivity contribution in [3.63, 3.8) is 0 Å². The number of hydrogen-bond donors (Lipinski definition) is 1. The molecule has 0 aliphatic rings. The molecule has 0 aliphatic heterocycles. The number of nitro groups is 1. The van der Waals surface area contributed by atoms with E-state index in [0.717, 1.165) is 5.56 Å². The summed E-state index contributed by atoms with van der Waals surface area (Å²) in [5.74, 6) is 0.0165. The Bertz CT molecular complexity index is 558. The second-order valence-corrected chi connectivity index (χ2v) is 3.67. The van der Waals surface area contributed by atoms with Crippen LogP contribution in [0.2, 0.25) is 0 Å². The van der Waals surface area contributed by atoms with Crippen molar-refractivity contribution in [2.24, 2.45) is 0 Å². The molecule has 2 aromatic rings. The van der Waals surface area contributed by atoms with E-state index in [0.29, 0.717) is 12.4 Å². The van der Waals surface area contributed by atoms with E-state index in [1.165, 1.54) is 18.2 Å². The topological polar surface area (TPSA) is 69.3 Å². The molecule has 5 nitrogen and oxygen atoms in total. The predicted molar refractivity (Wildman–Crippen MR) is 63.4 cm³/mol. The van der Waals surface area contributed by atoms with E-state index in [1.54, 1.807) is 24.4 Å². The highest BCUT2D eigenvalue weighted by Crippen LogP contribution is 2.18. The number of H-pyrrole nitrogens is 1. The minimum atomic E-state index is -0.469. The molecule has 0 atom stereocenters. The molecule has 18 heavy (non-hydrogen) atoms. The van der Waals surface area contributed by atoms with Crippen molar-refractivity contribution in [2.75, 3.05) is 5.32 Å². The van der Waals surface area contributed by atoms with Crippen LogP contribution in [0.4, 0.5) is 15.9 Å². The van der Waals surface area contributed by atoms with Gasteiger partial charge in [0.2, 0.25) is 0 Å². The maximum absolute atomic E-state index is 12.7. The molecule has 2 N–H and O–H groups in total. The average molecular weight is 248 g/mol. The van der Waals surface area contributed by atoms with Gasteiger partial charge in [-0.05, 0) is 23.8 Å². The van der Waals surface area contributed by atoms with Crippen LogP contribution in [0.1, 0.15) is 5.56 Å². The fourth-order valence-corrected chi connectivity index (χ4v) is 1.51. The van der Waals surface area contributed by atoms with Crippen molar-refractivity contribution in [2.45, 2.75) is 6.54 Å². The Labute approximate surface area is 102 Å². The van der Waals surface area contributed by atoms with Gasteiger partial charge in [0.25, 0.3) is 0 Å². The Morgan fingerprint density at radius 3 is 2.67 bits per heavy atom. The lowest BCUT2D eigenvalue weighted by molar-refractivity contribution is -0.409. The minimum Gasteiger partial charge on any atom is -0.264 e. The molecule has 0 radical (unpaired) electrons. The normalized spacial score (nSPS) is 10.1. The highest BCUT2D eigenvalue weighted by atomic mass is 19.1. The van der Waals surface area contributed by atoms with E-state index in [4.69, 9.17) is 0 Å². The third-order valence-electron chi connectivity index (χ3n) is 2.41. The summed E-state index contributed by atoms with van der Waals surface area (Å²) < 4.78 is 12.7. The van der Waals surface area contributed by atoms with Crippen LogP contribution in [0.5, 0.6) is 0 Å². The lowest BCUT2D eigenvalue weighted by atomic mass is 10.2. The number of halogens is 1. The lowest BCUT2D eigenvalue weighted by Gasteiger charge is -2.00. The summed E-state index contributed by atoms with van der Waals surface area (Å²) in [5, 5.41) is 13.7. The lowest BCUT2D eigenvalue weighted by Crippen LogP contribution is -2.14. The number of benzene rings is 1. The predicted octanol–water partition coefficient (Wildman–Crippen LogP) is 2.16. The fraction of sp³-hybridized carbons (Fsp3) is 0.0833. The highest BCUT2D eigenvalue weighted by molar-refractivity contribution is 5.51. The summed E-state index contributed by atoms with van der Waals surface area (Å²) in [4.78, 5) is 13.1. The molecule has 0 spiro atoms. The number of anilines is 1. The van der Waals surface area contributed by atoms with E-state index in [-0.39, 0.29) is 11.5 Å². The number of rotatable bonds is 4. The molecule has 0 unspecified atom stereocenters. The van der Waals surface area contributed by atoms with Gasteiger partial charge in [0.1, 0.15) is 12.4 Å². The van der Waals surface area contributed by atoms with Crippen LogP contribution < -0.4 is 10.3 Å². The summed E-state index contributed by atoms with van der Waals surface area (Å²) >= 11 is 0. The zero-order valence-electron chi connectivity index (χ0n) is 9.39. The maximum Gasteiger partial charge on any atom is 0.357 e. The van der Waals surface area contributed by atoms with Gasteiger partial charge in [0.15, 0.2) is 0 Å². The van der Waals surface area contributed by atoms with Gasteiger partial charge in [-0.3, -0.25) is 15.4 Å². The second kappa shape index (κ2) is 5.22. The molecule has 1 aromatic carbocycles. The first-order chi connectivity index (χ1) is 8.66. The number of pyridine rings is 1. The number of aromatic amines is 1. The van der Waals surface area contributed by atoms with Gasteiger partial charge >= 0.3 is 11.5 Å². The van der Waals surface area contributed by atoms with Gasteiger partial charge in [-0.2, -0.15) is 0 Å². The van der Waals surface area contributed by atoms with Crippen molar-refractivity contribution < 1.29 is 14.3 Å². The zero-order chi connectivity index (χ0) is 13.0. The Hall–Kier alpha value is -2.50. The number of aromatic nitrogens is 1. The molecule has 0 fully saturated rings. The van der Waals surface area contributed by atoms with Gasteiger partial charge in [-0.1, -0.05) is 12.1 Å². The van der Waals surface area contributed by atoms with E-state index in [9.17, 15) is 14.5 Å². The van der Waals surface area contributed by atoms with E-state index >= 15 is 0 Å². The first-order valence-corrected chi connectivity index (χ1v) is 5.30. The molecule has 2 rings (SSSR count). The van der Waals surface area contributed by atoms with Crippen molar-refractivity contribution in [1.29, 1.82) is 0 Å². The van der Waals surface area contributed by atoms with E-state index in [2.05, 4.69) is 10.3 Å². The zero-order valence-corrected chi connectivity index (χ0v) is 9.39. The molecule has 0 bridgehead atoms. The second-order valence-electron chi connectivity index (χ2n) is 3.67. The largest absolute Gasteiger partial charge is 0.357 e. The molecular weight excluding hydrogens is 237 g/mol. The van der Waals surface area contributed by atoms with Crippen LogP contribution in [0, 0.1) is 15.9 Å². The smallest absolute Gasteiger partial charge is 0.264 e. The SMILES string of the molecule is O=[N+]([O-])c1ccc[nH+]c1NCc1ccc(F)cc1. The summed E-state index contributed by atoms with van der Waals surface area (Å²) in [6.07, 6.45) is 1.60. The molecule has 6 heteroatoms. The van der Waals surface area contributed by atoms with E-state index in [1.807, 2.05) is 0 Å².